The highest BCUT2D eigenvalue weighted by Gasteiger charge is 2.24. The molecule has 1 aromatic rings. The first-order chi connectivity index (χ1) is 14.1. The van der Waals surface area contributed by atoms with Crippen LogP contribution in [0.1, 0.15) is 18.4 Å². The van der Waals surface area contributed by atoms with Crippen LogP contribution in [0.2, 0.25) is 0 Å². The minimum atomic E-state index is -1.28. The van der Waals surface area contributed by atoms with Gasteiger partial charge in [0.1, 0.15) is 18.6 Å². The van der Waals surface area contributed by atoms with Crippen LogP contribution in [-0.4, -0.2) is 68.6 Å². The largest absolute Gasteiger partial charge is 0.504 e. The lowest BCUT2D eigenvalue weighted by molar-refractivity contribution is -0.139. The Kier molecular flexibility index (Phi) is 9.65. The first kappa shape index (κ1) is 24.8. The number of benzene rings is 1. The van der Waals surface area contributed by atoms with Gasteiger partial charge in [-0.3, -0.25) is 19.2 Å². The fraction of sp³-hybridized carbons (Fsp3) is 0.333. The molecule has 0 fully saturated rings. The van der Waals surface area contributed by atoms with E-state index in [1.165, 1.54) is 18.2 Å². The number of aromatic hydroxyl groups is 2. The Labute approximate surface area is 176 Å². The van der Waals surface area contributed by atoms with Crippen LogP contribution in [0.5, 0.6) is 11.5 Å². The Morgan fingerprint density at radius 3 is 2.43 bits per heavy atom. The van der Waals surface area contributed by atoms with E-state index < -0.39 is 48.1 Å². The van der Waals surface area contributed by atoms with Crippen LogP contribution < -0.4 is 16.4 Å². The molecule has 0 saturated heterocycles. The molecule has 1 aromatic carbocycles. The summed E-state index contributed by atoms with van der Waals surface area (Å²) in [6.07, 6.45) is 0.995. The molecule has 1 rings (SSSR count). The minimum Gasteiger partial charge on any atom is -0.504 e. The monoisotopic (exact) mass is 441 g/mol. The maximum Gasteiger partial charge on any atom is 0.322 e. The average Bonchev–Trinajstić information content (AvgIpc) is 2.69. The molecule has 0 aliphatic heterocycles. The van der Waals surface area contributed by atoms with Crippen molar-refractivity contribution in [2.24, 2.45) is 5.73 Å². The number of hydrogen-bond donors (Lipinski definition) is 7. The Hall–Kier alpha value is -3.25. The van der Waals surface area contributed by atoms with Gasteiger partial charge in [0, 0.05) is 12.2 Å². The SMILES string of the molecule is C=Cc1ccc(O)c(O)c1SC[C@H](NC(=O)CC[C@H](N)C(=O)O)C(=O)NCC(=O)O. The maximum atomic E-state index is 12.3. The third kappa shape index (κ3) is 7.64. The highest BCUT2D eigenvalue weighted by molar-refractivity contribution is 7.99. The number of nitrogens with two attached hydrogens (primary N) is 1. The van der Waals surface area contributed by atoms with Crippen molar-refractivity contribution >= 4 is 41.6 Å². The zero-order valence-electron chi connectivity index (χ0n) is 15.8. The van der Waals surface area contributed by atoms with Crippen LogP contribution in [0.25, 0.3) is 6.08 Å². The third-order valence-corrected chi connectivity index (χ3v) is 5.04. The van der Waals surface area contributed by atoms with Gasteiger partial charge in [-0.05, 0) is 24.1 Å². The second-order valence-electron chi connectivity index (χ2n) is 6.08. The fourth-order valence-corrected chi connectivity index (χ4v) is 3.33. The second-order valence-corrected chi connectivity index (χ2v) is 7.11. The summed E-state index contributed by atoms with van der Waals surface area (Å²) in [7, 11) is 0. The van der Waals surface area contributed by atoms with Crippen molar-refractivity contribution in [1.29, 1.82) is 0 Å². The number of carbonyl (C=O) groups is 4. The smallest absolute Gasteiger partial charge is 0.322 e. The Balaban J connectivity index is 2.91. The second kappa shape index (κ2) is 11.7. The summed E-state index contributed by atoms with van der Waals surface area (Å²) in [5.74, 6) is -4.95. The first-order valence-electron chi connectivity index (χ1n) is 8.64. The van der Waals surface area contributed by atoms with Gasteiger partial charge in [0.25, 0.3) is 0 Å². The lowest BCUT2D eigenvalue weighted by Gasteiger charge is -2.19. The predicted molar refractivity (Wildman–Crippen MR) is 108 cm³/mol. The van der Waals surface area contributed by atoms with Crippen molar-refractivity contribution < 1.29 is 39.6 Å². The van der Waals surface area contributed by atoms with E-state index in [0.29, 0.717) is 5.56 Å². The number of carboxylic acid groups (broad SMARTS) is 2. The number of phenolic OH excluding ortho intramolecular Hbond substituents is 2. The summed E-state index contributed by atoms with van der Waals surface area (Å²) >= 11 is 0.931. The lowest BCUT2D eigenvalue weighted by atomic mass is 10.1. The van der Waals surface area contributed by atoms with Gasteiger partial charge in [-0.1, -0.05) is 12.7 Å². The topological polar surface area (TPSA) is 199 Å². The molecule has 8 N–H and O–H groups in total. The Morgan fingerprint density at radius 1 is 1.20 bits per heavy atom. The first-order valence-corrected chi connectivity index (χ1v) is 9.62. The molecule has 0 spiro atoms. The standard InChI is InChI=1S/C18H23N3O8S/c1-2-9-3-5-12(22)15(26)16(9)30-8-11(17(27)20-7-14(24)25)21-13(23)6-4-10(19)18(28)29/h2-3,5,10-11,22,26H,1,4,6-8,19H2,(H,20,27)(H,21,23)(H,24,25)(H,28,29)/t10-,11-/m0/s1. The van der Waals surface area contributed by atoms with Crippen molar-refractivity contribution in [3.8, 4) is 11.5 Å². The Morgan fingerprint density at radius 2 is 1.87 bits per heavy atom. The van der Waals surface area contributed by atoms with Crippen LogP contribution in [0.15, 0.2) is 23.6 Å². The number of amides is 2. The summed E-state index contributed by atoms with van der Waals surface area (Å²) in [6, 6.07) is 0.308. The molecule has 11 nitrogen and oxygen atoms in total. The van der Waals surface area contributed by atoms with Gasteiger partial charge in [-0.15, -0.1) is 11.8 Å². The van der Waals surface area contributed by atoms with Gasteiger partial charge in [0.15, 0.2) is 11.5 Å². The molecule has 0 saturated carbocycles. The predicted octanol–water partition coefficient (Wildman–Crippen LogP) is -0.289. The number of carboxylic acids is 2. The molecule has 2 amide bonds. The number of phenols is 2. The van der Waals surface area contributed by atoms with E-state index in [2.05, 4.69) is 17.2 Å². The number of thioether (sulfide) groups is 1. The molecule has 0 aliphatic rings. The zero-order valence-corrected chi connectivity index (χ0v) is 16.6. The molecule has 0 unspecified atom stereocenters. The van der Waals surface area contributed by atoms with Gasteiger partial charge < -0.3 is 36.8 Å². The summed E-state index contributed by atoms with van der Waals surface area (Å²) < 4.78 is 0. The molecule has 0 heterocycles. The zero-order chi connectivity index (χ0) is 22.8. The van der Waals surface area contributed by atoms with Crippen molar-refractivity contribution in [2.75, 3.05) is 12.3 Å². The van der Waals surface area contributed by atoms with E-state index in [9.17, 15) is 29.4 Å². The van der Waals surface area contributed by atoms with Crippen LogP contribution in [0, 0.1) is 0 Å². The highest BCUT2D eigenvalue weighted by Crippen LogP contribution is 2.39. The van der Waals surface area contributed by atoms with E-state index in [-0.39, 0.29) is 29.2 Å². The maximum absolute atomic E-state index is 12.3. The van der Waals surface area contributed by atoms with Crippen molar-refractivity contribution in [1.82, 2.24) is 10.6 Å². The number of aliphatic carboxylic acids is 2. The molecule has 164 valence electrons. The summed E-state index contributed by atoms with van der Waals surface area (Å²) in [5, 5.41) is 41.8. The highest BCUT2D eigenvalue weighted by atomic mass is 32.2. The van der Waals surface area contributed by atoms with Crippen molar-refractivity contribution in [2.45, 2.75) is 29.8 Å². The van der Waals surface area contributed by atoms with Gasteiger partial charge in [-0.2, -0.15) is 0 Å². The van der Waals surface area contributed by atoms with Crippen LogP contribution in [-0.2, 0) is 19.2 Å². The number of hydrogen-bond acceptors (Lipinski definition) is 8. The normalized spacial score (nSPS) is 12.4. The molecular weight excluding hydrogens is 418 g/mol. The third-order valence-electron chi connectivity index (χ3n) is 3.82. The molecule has 0 radical (unpaired) electrons. The summed E-state index contributed by atoms with van der Waals surface area (Å²) in [6.45, 7) is 2.93. The molecule has 2 atom stereocenters. The molecule has 30 heavy (non-hydrogen) atoms. The average molecular weight is 441 g/mol. The van der Waals surface area contributed by atoms with E-state index in [4.69, 9.17) is 15.9 Å². The van der Waals surface area contributed by atoms with E-state index in [1.54, 1.807) is 0 Å². The molecule has 12 heteroatoms. The molecular formula is C18H23N3O8S. The van der Waals surface area contributed by atoms with Crippen molar-refractivity contribution in [3.05, 3.63) is 24.3 Å². The van der Waals surface area contributed by atoms with Crippen LogP contribution in [0.4, 0.5) is 0 Å². The quantitative estimate of drug-likeness (QED) is 0.167. The van der Waals surface area contributed by atoms with Gasteiger partial charge in [-0.25, -0.2) is 0 Å². The van der Waals surface area contributed by atoms with Crippen LogP contribution >= 0.6 is 11.8 Å². The fourth-order valence-electron chi connectivity index (χ4n) is 2.20. The summed E-state index contributed by atoms with van der Waals surface area (Å²) in [4.78, 5) is 46.0. The minimum absolute atomic E-state index is 0.125. The molecule has 0 aliphatic carbocycles. The van der Waals surface area contributed by atoms with Gasteiger partial charge >= 0.3 is 11.9 Å². The van der Waals surface area contributed by atoms with Gasteiger partial charge in [0.2, 0.25) is 11.8 Å². The van der Waals surface area contributed by atoms with Gasteiger partial charge in [0.05, 0.1) is 4.90 Å². The van der Waals surface area contributed by atoms with Crippen LogP contribution in [0.3, 0.4) is 0 Å². The summed E-state index contributed by atoms with van der Waals surface area (Å²) in [5.41, 5.74) is 5.82. The number of rotatable bonds is 12. The Bertz CT molecular complexity index is 830. The molecule has 0 bridgehead atoms. The van der Waals surface area contributed by atoms with Crippen molar-refractivity contribution in [3.63, 3.8) is 0 Å². The van der Waals surface area contributed by atoms with E-state index in [1.807, 2.05) is 0 Å². The number of carbonyl (C=O) groups excluding carboxylic acids is 2. The van der Waals surface area contributed by atoms with E-state index >= 15 is 0 Å². The molecule has 0 aromatic heterocycles. The number of nitrogens with one attached hydrogen (secondary N) is 2. The van der Waals surface area contributed by atoms with E-state index in [0.717, 1.165) is 11.8 Å². The lowest BCUT2D eigenvalue weighted by Crippen LogP contribution is -2.49.